The van der Waals surface area contributed by atoms with Crippen LogP contribution in [0.25, 0.3) is 0 Å². The van der Waals surface area contributed by atoms with Crippen molar-refractivity contribution in [2.75, 3.05) is 14.1 Å². The van der Waals surface area contributed by atoms with Crippen molar-refractivity contribution in [2.24, 2.45) is 0 Å². The fourth-order valence-electron chi connectivity index (χ4n) is 3.94. The third-order valence-electron chi connectivity index (χ3n) is 6.37. The van der Waals surface area contributed by atoms with Gasteiger partial charge in [-0.05, 0) is 19.8 Å². The van der Waals surface area contributed by atoms with Gasteiger partial charge in [0.25, 0.3) is 0 Å². The Morgan fingerprint density at radius 1 is 0.759 bits per heavy atom. The van der Waals surface area contributed by atoms with Gasteiger partial charge < -0.3 is 5.32 Å². The Bertz CT molecular complexity index is 380. The molecule has 0 aliphatic carbocycles. The summed E-state index contributed by atoms with van der Waals surface area (Å²) in [6, 6.07) is 0.0175. The van der Waals surface area contributed by atoms with Crippen molar-refractivity contribution >= 4 is 5.91 Å². The number of nitrogens with zero attached hydrogens (tertiary/aromatic N) is 1. The predicted octanol–water partition coefficient (Wildman–Crippen LogP) is 7.00. The van der Waals surface area contributed by atoms with Crippen LogP contribution in [-0.4, -0.2) is 41.9 Å². The van der Waals surface area contributed by atoms with Crippen LogP contribution in [0, 0.1) is 0 Å². The molecule has 0 heterocycles. The standard InChI is InChI=1S/C25H52N2O2/c1-6-8-9-10-11-12-13-14-15-16-17-18-19-20-21-22-25(28)26-24(7-2)23(3)27(4,5)29/h23-24,29H,6-22H2,1-5H3/p+1. The van der Waals surface area contributed by atoms with Crippen LogP contribution in [0.3, 0.4) is 0 Å². The van der Waals surface area contributed by atoms with E-state index in [0.29, 0.717) is 6.42 Å². The van der Waals surface area contributed by atoms with Gasteiger partial charge in [0.05, 0.1) is 20.1 Å². The summed E-state index contributed by atoms with van der Waals surface area (Å²) in [6.45, 7) is 6.33. The van der Waals surface area contributed by atoms with Crippen LogP contribution in [0.4, 0.5) is 0 Å². The zero-order valence-corrected chi connectivity index (χ0v) is 20.5. The lowest BCUT2D eigenvalue weighted by Gasteiger charge is -2.33. The van der Waals surface area contributed by atoms with Gasteiger partial charge >= 0.3 is 0 Å². The molecular formula is C25H53N2O2+. The zero-order valence-electron chi connectivity index (χ0n) is 20.5. The molecule has 0 rings (SSSR count). The monoisotopic (exact) mass is 413 g/mol. The first-order valence-electron chi connectivity index (χ1n) is 12.7. The number of amides is 1. The lowest BCUT2D eigenvalue weighted by Crippen LogP contribution is -2.55. The number of carbonyl (C=O) groups is 1. The molecule has 29 heavy (non-hydrogen) atoms. The molecular weight excluding hydrogens is 360 g/mol. The molecule has 0 spiro atoms. The molecule has 1 amide bonds. The smallest absolute Gasteiger partial charge is 0.220 e. The van der Waals surface area contributed by atoms with E-state index in [1.54, 1.807) is 14.1 Å². The van der Waals surface area contributed by atoms with Crippen molar-refractivity contribution in [3.05, 3.63) is 0 Å². The fraction of sp³-hybridized carbons (Fsp3) is 0.960. The number of carbonyl (C=O) groups excluding carboxylic acids is 1. The van der Waals surface area contributed by atoms with Gasteiger partial charge in [0.15, 0.2) is 0 Å². The number of unbranched alkanes of at least 4 members (excludes halogenated alkanes) is 14. The van der Waals surface area contributed by atoms with E-state index >= 15 is 0 Å². The molecule has 174 valence electrons. The Morgan fingerprint density at radius 2 is 1.14 bits per heavy atom. The third-order valence-corrected chi connectivity index (χ3v) is 6.37. The van der Waals surface area contributed by atoms with Gasteiger partial charge in [-0.3, -0.25) is 4.79 Å². The van der Waals surface area contributed by atoms with E-state index in [-0.39, 0.29) is 22.6 Å². The summed E-state index contributed by atoms with van der Waals surface area (Å²) < 4.78 is -0.113. The van der Waals surface area contributed by atoms with E-state index in [1.165, 1.54) is 83.5 Å². The van der Waals surface area contributed by atoms with Crippen LogP contribution in [0.15, 0.2) is 0 Å². The molecule has 0 aromatic rings. The number of rotatable bonds is 20. The number of nitrogens with one attached hydrogen (secondary N) is 1. The summed E-state index contributed by atoms with van der Waals surface area (Å²) in [6.07, 6.45) is 21.6. The number of hydrogen-bond donors (Lipinski definition) is 2. The predicted molar refractivity (Wildman–Crippen MR) is 125 cm³/mol. The molecule has 2 atom stereocenters. The topological polar surface area (TPSA) is 49.3 Å². The molecule has 0 aromatic carbocycles. The highest BCUT2D eigenvalue weighted by atomic mass is 16.5. The maximum Gasteiger partial charge on any atom is 0.220 e. The summed E-state index contributed by atoms with van der Waals surface area (Å²) in [7, 11) is 3.52. The highest BCUT2D eigenvalue weighted by Crippen LogP contribution is 2.14. The first-order chi connectivity index (χ1) is 13.8. The third kappa shape index (κ3) is 16.8. The second-order valence-corrected chi connectivity index (χ2v) is 9.50. The van der Waals surface area contributed by atoms with Crippen molar-refractivity contribution in [3.8, 4) is 0 Å². The Kier molecular flexibility index (Phi) is 17.8. The first-order valence-corrected chi connectivity index (χ1v) is 12.7. The van der Waals surface area contributed by atoms with Gasteiger partial charge in [-0.2, -0.15) is 4.65 Å². The quantitative estimate of drug-likeness (QED) is 0.128. The van der Waals surface area contributed by atoms with Crippen molar-refractivity contribution in [3.63, 3.8) is 0 Å². The highest BCUT2D eigenvalue weighted by molar-refractivity contribution is 5.76. The van der Waals surface area contributed by atoms with Gasteiger partial charge in [-0.15, -0.1) is 0 Å². The molecule has 0 radical (unpaired) electrons. The average Bonchev–Trinajstić information content (AvgIpc) is 2.67. The lowest BCUT2D eigenvalue weighted by atomic mass is 10.0. The van der Waals surface area contributed by atoms with Gasteiger partial charge in [0.2, 0.25) is 5.91 Å². The van der Waals surface area contributed by atoms with E-state index in [1.807, 2.05) is 6.92 Å². The van der Waals surface area contributed by atoms with Gasteiger partial charge in [-0.1, -0.05) is 104 Å². The minimum Gasteiger partial charge on any atom is -0.347 e. The second-order valence-electron chi connectivity index (χ2n) is 9.50. The molecule has 0 saturated heterocycles. The van der Waals surface area contributed by atoms with E-state index < -0.39 is 0 Å². The van der Waals surface area contributed by atoms with Gasteiger partial charge in [0.1, 0.15) is 6.04 Å². The Balaban J connectivity index is 3.49. The summed E-state index contributed by atoms with van der Waals surface area (Å²) in [4.78, 5) is 12.2. The van der Waals surface area contributed by atoms with Crippen LogP contribution in [-0.2, 0) is 4.79 Å². The molecule has 0 aliphatic heterocycles. The summed E-state index contributed by atoms with van der Waals surface area (Å²) in [5, 5.41) is 13.2. The van der Waals surface area contributed by atoms with Gasteiger partial charge in [0, 0.05) is 6.42 Å². The molecule has 2 N–H and O–H groups in total. The Labute approximate surface area is 182 Å². The van der Waals surface area contributed by atoms with Gasteiger partial charge in [-0.25, -0.2) is 5.21 Å². The molecule has 0 aliphatic rings. The van der Waals surface area contributed by atoms with Crippen LogP contribution < -0.4 is 5.32 Å². The minimum atomic E-state index is -0.113. The molecule has 0 saturated carbocycles. The number of hydrogen-bond acceptors (Lipinski definition) is 2. The van der Waals surface area contributed by atoms with Crippen molar-refractivity contribution < 1.29 is 14.6 Å². The van der Waals surface area contributed by atoms with Crippen LogP contribution in [0.1, 0.15) is 130 Å². The fourth-order valence-corrected chi connectivity index (χ4v) is 3.94. The van der Waals surface area contributed by atoms with Crippen LogP contribution >= 0.6 is 0 Å². The largest absolute Gasteiger partial charge is 0.347 e. The van der Waals surface area contributed by atoms with Crippen molar-refractivity contribution in [2.45, 2.75) is 142 Å². The zero-order chi connectivity index (χ0) is 22.0. The Hall–Kier alpha value is -0.610. The molecule has 0 fully saturated rings. The minimum absolute atomic E-state index is 0.00925. The molecule has 0 bridgehead atoms. The van der Waals surface area contributed by atoms with Crippen molar-refractivity contribution in [1.82, 2.24) is 5.32 Å². The van der Waals surface area contributed by atoms with E-state index in [4.69, 9.17) is 0 Å². The van der Waals surface area contributed by atoms with Crippen LogP contribution in [0.2, 0.25) is 0 Å². The molecule has 2 unspecified atom stereocenters. The lowest BCUT2D eigenvalue weighted by molar-refractivity contribution is -1.09. The SMILES string of the molecule is CCCCCCCCCCCCCCCCCC(=O)NC(CC)C(C)[N+](C)(C)O. The first kappa shape index (κ1) is 28.4. The van der Waals surface area contributed by atoms with E-state index in [9.17, 15) is 10.0 Å². The van der Waals surface area contributed by atoms with E-state index in [2.05, 4.69) is 19.2 Å². The molecule has 0 aromatic heterocycles. The summed E-state index contributed by atoms with van der Waals surface area (Å²) in [5.41, 5.74) is 0. The maximum absolute atomic E-state index is 12.2. The van der Waals surface area contributed by atoms with Crippen LogP contribution in [0.5, 0.6) is 0 Å². The van der Waals surface area contributed by atoms with Crippen molar-refractivity contribution in [1.29, 1.82) is 0 Å². The number of likely N-dealkylation sites (N-methyl/N-ethyl adjacent to an activating group) is 1. The average molecular weight is 414 g/mol. The molecule has 4 nitrogen and oxygen atoms in total. The Morgan fingerprint density at radius 3 is 1.48 bits per heavy atom. The number of hydroxylamine groups is 3. The number of quaternary nitrogens is 1. The normalized spacial score (nSPS) is 14.0. The van der Waals surface area contributed by atoms with E-state index in [0.717, 1.165) is 19.3 Å². The molecule has 4 heteroatoms. The summed E-state index contributed by atoms with van der Waals surface area (Å²) >= 11 is 0. The second kappa shape index (κ2) is 18.2. The maximum atomic E-state index is 12.2. The summed E-state index contributed by atoms with van der Waals surface area (Å²) in [5.74, 6) is 0.131. The highest BCUT2D eigenvalue weighted by Gasteiger charge is 2.30.